The molecule has 0 radical (unpaired) electrons. The van der Waals surface area contributed by atoms with Gasteiger partial charge in [0.05, 0.1) is 34.1 Å². The molecule has 0 saturated heterocycles. The number of carbonyl (C=O) groups is 2. The molecule has 0 heterocycles. The predicted molar refractivity (Wildman–Crippen MR) is 200 cm³/mol. The normalized spacial score (nSPS) is 13.8. The first kappa shape index (κ1) is 38.7. The van der Waals surface area contributed by atoms with Crippen LogP contribution >= 0.6 is 11.8 Å². The van der Waals surface area contributed by atoms with Gasteiger partial charge in [0.1, 0.15) is 21.8 Å². The fourth-order valence-corrected chi connectivity index (χ4v) is 6.50. The molecule has 0 amide bonds. The molecular weight excluding hydrogens is 728 g/mol. The molecule has 0 spiro atoms. The van der Waals surface area contributed by atoms with Gasteiger partial charge in [-0.1, -0.05) is 36.0 Å². The summed E-state index contributed by atoms with van der Waals surface area (Å²) in [5.74, 6) is -1.89. The molecule has 14 nitrogen and oxygen atoms in total. The number of nitrogen functional groups attached to an aromatic ring is 2. The molecule has 5 aromatic carbocycles. The quantitative estimate of drug-likeness (QED) is 0.0229. The number of ketones is 1. The van der Waals surface area contributed by atoms with E-state index in [1.807, 2.05) is 48.5 Å². The average molecular weight is 756 g/mol. The summed E-state index contributed by atoms with van der Waals surface area (Å²) in [6, 6.07) is 25.8. The van der Waals surface area contributed by atoms with Crippen molar-refractivity contribution in [3.8, 4) is 0 Å². The molecular formula is C36H28N8NaO6S2+. The predicted octanol–water partition coefficient (Wildman–Crippen LogP) is 5.46. The number of nitrogens with two attached hydrogens (primary N) is 2. The molecule has 0 aliphatic heterocycles. The van der Waals surface area contributed by atoms with Gasteiger partial charge >= 0.3 is 35.5 Å². The second kappa shape index (κ2) is 16.5. The van der Waals surface area contributed by atoms with Crippen molar-refractivity contribution in [3.63, 3.8) is 0 Å². The molecule has 0 saturated carbocycles. The Labute approximate surface area is 329 Å². The van der Waals surface area contributed by atoms with Gasteiger partial charge in [0, 0.05) is 20.6 Å². The Morgan fingerprint density at radius 3 is 2.09 bits per heavy atom. The van der Waals surface area contributed by atoms with Crippen molar-refractivity contribution in [3.05, 3.63) is 120 Å². The maximum absolute atomic E-state index is 11.9. The monoisotopic (exact) mass is 755 g/mol. The van der Waals surface area contributed by atoms with E-state index in [1.165, 1.54) is 42.1 Å². The zero-order chi connectivity index (χ0) is 37.0. The van der Waals surface area contributed by atoms with Crippen LogP contribution in [0.5, 0.6) is 0 Å². The Balaban J connectivity index is 0.00000541. The largest absolute Gasteiger partial charge is 1.00 e. The molecule has 260 valence electrons. The van der Waals surface area contributed by atoms with Gasteiger partial charge in [-0.2, -0.15) is 18.6 Å². The van der Waals surface area contributed by atoms with E-state index in [1.54, 1.807) is 37.3 Å². The van der Waals surface area contributed by atoms with Crippen LogP contribution in [-0.4, -0.2) is 35.5 Å². The summed E-state index contributed by atoms with van der Waals surface area (Å²) >= 11 is 1.53. The van der Waals surface area contributed by atoms with Crippen LogP contribution in [0, 0.1) is 6.92 Å². The molecule has 1 aliphatic carbocycles. The third kappa shape index (κ3) is 9.12. The van der Waals surface area contributed by atoms with Gasteiger partial charge in [-0.3, -0.25) is 14.8 Å². The fraction of sp³-hybridized carbons (Fsp3) is 0.0278. The van der Waals surface area contributed by atoms with Crippen molar-refractivity contribution < 1.29 is 57.2 Å². The number of benzene rings is 5. The van der Waals surface area contributed by atoms with Crippen LogP contribution in [0.15, 0.2) is 155 Å². The van der Waals surface area contributed by atoms with Crippen molar-refractivity contribution in [2.24, 2.45) is 25.6 Å². The number of rotatable bonds is 10. The molecule has 7 N–H and O–H groups in total. The number of hydrogen-bond donors (Lipinski definition) is 5. The van der Waals surface area contributed by atoms with Gasteiger partial charge < -0.3 is 16.6 Å². The summed E-state index contributed by atoms with van der Waals surface area (Å²) in [5, 5.41) is 31.3. The van der Waals surface area contributed by atoms with Crippen molar-refractivity contribution in [2.75, 3.05) is 16.9 Å². The van der Waals surface area contributed by atoms with E-state index in [-0.39, 0.29) is 56.8 Å². The van der Waals surface area contributed by atoms with Gasteiger partial charge in [-0.25, -0.2) is 4.79 Å². The van der Waals surface area contributed by atoms with Crippen LogP contribution < -0.4 is 46.5 Å². The number of fused-ring (bicyclic) bond motifs is 1. The standard InChI is InChI=1S/C36H28N8O6S2.Na/c1-20-18-30(34(38)35(33(20)37)44-42-29-15-17-32(52(48,49)50)27-5-3-2-4-26(27)29)43-40-22-8-13-25(14-9-22)51-24-11-6-21(7-12-24)39-41-23-10-16-31(45)28(19-23)36(46)47;/h2-19,39H,37-38H2,1H3,(H,46,47)(H,48,49,50);/q;+1/b41-23+,43-40?,44-42?;. The fourth-order valence-electron chi connectivity index (χ4n) is 4.99. The first-order valence-electron chi connectivity index (χ1n) is 15.3. The van der Waals surface area contributed by atoms with E-state index in [2.05, 4.69) is 31.0 Å². The van der Waals surface area contributed by atoms with Crippen molar-refractivity contribution in [2.45, 2.75) is 21.6 Å². The van der Waals surface area contributed by atoms with Crippen LogP contribution in [0.25, 0.3) is 10.8 Å². The zero-order valence-electron chi connectivity index (χ0n) is 28.1. The smallest absolute Gasteiger partial charge is 0.478 e. The number of hydrazone groups is 1. The van der Waals surface area contributed by atoms with Crippen LogP contribution in [0.4, 0.5) is 39.8 Å². The molecule has 0 aromatic heterocycles. The van der Waals surface area contributed by atoms with Gasteiger partial charge in [-0.15, -0.1) is 15.3 Å². The van der Waals surface area contributed by atoms with Crippen LogP contribution in [-0.2, 0) is 19.7 Å². The Bertz CT molecular complexity index is 2520. The number of aliphatic carboxylic acids is 1. The number of allylic oxidation sites excluding steroid dienone is 3. The van der Waals surface area contributed by atoms with Crippen molar-refractivity contribution in [1.29, 1.82) is 0 Å². The summed E-state index contributed by atoms with van der Waals surface area (Å²) in [6.45, 7) is 1.77. The van der Waals surface area contributed by atoms with Gasteiger partial charge in [0.2, 0.25) is 0 Å². The molecule has 17 heteroatoms. The number of carbonyl (C=O) groups excluding carboxylic acids is 1. The molecule has 0 bridgehead atoms. The molecule has 6 rings (SSSR count). The van der Waals surface area contributed by atoms with E-state index in [9.17, 15) is 22.6 Å². The number of nitrogens with zero attached hydrogens (tertiary/aromatic N) is 5. The maximum Gasteiger partial charge on any atom is 1.00 e. The summed E-state index contributed by atoms with van der Waals surface area (Å²) in [4.78, 5) is 24.5. The molecule has 1 aliphatic rings. The Morgan fingerprint density at radius 1 is 0.792 bits per heavy atom. The van der Waals surface area contributed by atoms with Crippen LogP contribution in [0.2, 0.25) is 0 Å². The van der Waals surface area contributed by atoms with E-state index >= 15 is 0 Å². The van der Waals surface area contributed by atoms with Gasteiger partial charge in [-0.05, 0) is 97.4 Å². The number of azo groups is 2. The first-order chi connectivity index (χ1) is 24.9. The molecule has 0 unspecified atom stereocenters. The van der Waals surface area contributed by atoms with Crippen molar-refractivity contribution >= 4 is 89.9 Å². The first-order valence-corrected chi connectivity index (χ1v) is 17.5. The molecule has 0 atom stereocenters. The molecule has 53 heavy (non-hydrogen) atoms. The number of anilines is 3. The number of hydrogen-bond acceptors (Lipinski definition) is 13. The summed E-state index contributed by atoms with van der Waals surface area (Å²) in [5.41, 5.74) is 18.7. The van der Waals surface area contributed by atoms with Gasteiger partial charge in [0.25, 0.3) is 10.1 Å². The Morgan fingerprint density at radius 2 is 1.43 bits per heavy atom. The van der Waals surface area contributed by atoms with Gasteiger partial charge in [0.15, 0.2) is 5.78 Å². The number of aryl methyl sites for hydroxylation is 1. The van der Waals surface area contributed by atoms with E-state index in [0.717, 1.165) is 9.79 Å². The Kier molecular flexibility index (Phi) is 12.0. The zero-order valence-corrected chi connectivity index (χ0v) is 31.8. The SMILES string of the molecule is Cc1cc(N=Nc2ccc(Sc3ccc(N/N=C4\C=CC(=O)C(C(=O)O)=C4)cc3)cc2)c(N)c(N=Nc2ccc(S(=O)(=O)O)c3ccccc23)c1N.[Na+]. The Hall–Kier alpha value is -5.49. The second-order valence-corrected chi connectivity index (χ2v) is 13.8. The third-order valence-corrected chi connectivity index (χ3v) is 9.60. The number of carboxylic acids is 1. The summed E-state index contributed by atoms with van der Waals surface area (Å²) in [6.07, 6.45) is 3.82. The summed E-state index contributed by atoms with van der Waals surface area (Å²) in [7, 11) is -4.46. The summed E-state index contributed by atoms with van der Waals surface area (Å²) < 4.78 is 33.4. The third-order valence-electron chi connectivity index (χ3n) is 7.67. The van der Waals surface area contributed by atoms with E-state index in [0.29, 0.717) is 45.1 Å². The minimum Gasteiger partial charge on any atom is -0.478 e. The molecule has 0 fully saturated rings. The number of nitrogens with one attached hydrogen (secondary N) is 1. The minimum atomic E-state index is -4.46. The van der Waals surface area contributed by atoms with Crippen LogP contribution in [0.3, 0.4) is 0 Å². The van der Waals surface area contributed by atoms with Crippen molar-refractivity contribution in [1.82, 2.24) is 0 Å². The number of carboxylic acid groups (broad SMARTS) is 1. The van der Waals surface area contributed by atoms with Crippen LogP contribution in [0.1, 0.15) is 5.56 Å². The topological polar surface area (TPSA) is 235 Å². The maximum atomic E-state index is 11.9. The van der Waals surface area contributed by atoms with E-state index in [4.69, 9.17) is 16.6 Å². The molecule has 5 aromatic rings. The van der Waals surface area contributed by atoms with E-state index < -0.39 is 21.9 Å². The minimum absolute atomic E-state index is 0. The second-order valence-electron chi connectivity index (χ2n) is 11.2. The average Bonchev–Trinajstić information content (AvgIpc) is 3.12.